The predicted octanol–water partition coefficient (Wildman–Crippen LogP) is 8.56. The summed E-state index contributed by atoms with van der Waals surface area (Å²) in [6.07, 6.45) is 36.2. The molecule has 8 N–H and O–H groups in total. The minimum Gasteiger partial charge on any atom is -0.394 e. The zero-order chi connectivity index (χ0) is 44.8. The summed E-state index contributed by atoms with van der Waals surface area (Å²) in [5.41, 5.74) is 0. The number of hydrogen-bond acceptors (Lipinski definition) is 10. The van der Waals surface area contributed by atoms with Gasteiger partial charge in [-0.3, -0.25) is 4.79 Å². The Hall–Kier alpha value is -1.93. The van der Waals surface area contributed by atoms with Crippen molar-refractivity contribution in [3.8, 4) is 0 Å². The van der Waals surface area contributed by atoms with Crippen LogP contribution in [0.5, 0.6) is 0 Å². The minimum atomic E-state index is -1.67. The van der Waals surface area contributed by atoms with Crippen molar-refractivity contribution in [2.24, 2.45) is 0 Å². The number of carbonyl (C=O) groups excluding carboxylic acids is 1. The summed E-state index contributed by atoms with van der Waals surface area (Å²) in [4.78, 5) is 13.0. The molecule has 9 atom stereocenters. The SMILES string of the molecule is CCCC/C=C\CCCCCC(O)C(=O)NC(COC1OC(CO)C(O)C(O)C1O)C(O)C(O)CCC/C=C/CC/C=C/CC/C=C/CCCCCCCCCCCCCC. The molecule has 1 aliphatic heterocycles. The first-order chi connectivity index (χ1) is 29.7. The lowest BCUT2D eigenvalue weighted by atomic mass is 9.98. The Kier molecular flexibility index (Phi) is 37.1. The smallest absolute Gasteiger partial charge is 0.249 e. The topological polar surface area (TPSA) is 189 Å². The second-order valence-corrected chi connectivity index (χ2v) is 17.1. The van der Waals surface area contributed by atoms with Crippen LogP contribution in [0, 0.1) is 0 Å². The average Bonchev–Trinajstić information content (AvgIpc) is 3.26. The van der Waals surface area contributed by atoms with Gasteiger partial charge in [-0.25, -0.2) is 0 Å². The maximum absolute atomic E-state index is 13.0. The number of unbranched alkanes of at least 4 members (excludes halogenated alkanes) is 20. The zero-order valence-corrected chi connectivity index (χ0v) is 38.4. The second-order valence-electron chi connectivity index (χ2n) is 17.1. The fourth-order valence-corrected chi connectivity index (χ4v) is 7.45. The third-order valence-electron chi connectivity index (χ3n) is 11.6. The van der Waals surface area contributed by atoms with Crippen LogP contribution < -0.4 is 5.32 Å². The summed E-state index contributed by atoms with van der Waals surface area (Å²) in [7, 11) is 0. The van der Waals surface area contributed by atoms with Crippen molar-refractivity contribution in [3.05, 3.63) is 48.6 Å². The van der Waals surface area contributed by atoms with Gasteiger partial charge in [0.15, 0.2) is 6.29 Å². The van der Waals surface area contributed by atoms with Crippen LogP contribution in [0.2, 0.25) is 0 Å². The Labute approximate surface area is 370 Å². The van der Waals surface area contributed by atoms with Crippen molar-refractivity contribution in [3.63, 3.8) is 0 Å². The molecule has 0 aromatic heterocycles. The Morgan fingerprint density at radius 1 is 0.557 bits per heavy atom. The van der Waals surface area contributed by atoms with Gasteiger partial charge in [-0.2, -0.15) is 0 Å². The average molecular weight is 866 g/mol. The number of aliphatic hydroxyl groups is 7. The lowest BCUT2D eigenvalue weighted by molar-refractivity contribution is -0.303. The molecule has 1 heterocycles. The van der Waals surface area contributed by atoms with E-state index in [0.717, 1.165) is 57.8 Å². The first kappa shape index (κ1) is 57.1. The summed E-state index contributed by atoms with van der Waals surface area (Å²) < 4.78 is 11.0. The molecule has 1 saturated heterocycles. The Morgan fingerprint density at radius 2 is 1.00 bits per heavy atom. The molecule has 0 aromatic carbocycles. The van der Waals surface area contributed by atoms with E-state index in [-0.39, 0.29) is 12.8 Å². The van der Waals surface area contributed by atoms with E-state index in [4.69, 9.17) is 9.47 Å². The predicted molar refractivity (Wildman–Crippen MR) is 247 cm³/mol. The molecule has 1 rings (SSSR count). The van der Waals surface area contributed by atoms with Gasteiger partial charge in [-0.05, 0) is 83.5 Å². The normalized spacial score (nSPS) is 21.9. The van der Waals surface area contributed by atoms with Gasteiger partial charge < -0.3 is 50.5 Å². The number of amides is 1. The monoisotopic (exact) mass is 866 g/mol. The highest BCUT2D eigenvalue weighted by Gasteiger charge is 2.44. The van der Waals surface area contributed by atoms with Crippen LogP contribution in [0.1, 0.15) is 194 Å². The summed E-state index contributed by atoms with van der Waals surface area (Å²) in [5.74, 6) is -0.730. The maximum atomic E-state index is 13.0. The lowest BCUT2D eigenvalue weighted by Crippen LogP contribution is -2.60. The van der Waals surface area contributed by atoms with E-state index in [9.17, 15) is 40.5 Å². The highest BCUT2D eigenvalue weighted by atomic mass is 16.7. The highest BCUT2D eigenvalue weighted by molar-refractivity contribution is 5.80. The summed E-state index contributed by atoms with van der Waals surface area (Å²) in [6.45, 7) is 3.34. The molecule has 0 aliphatic carbocycles. The Morgan fingerprint density at radius 3 is 1.51 bits per heavy atom. The van der Waals surface area contributed by atoms with Crippen LogP contribution in [-0.2, 0) is 14.3 Å². The lowest BCUT2D eigenvalue weighted by Gasteiger charge is -2.40. The number of rotatable bonds is 40. The number of ether oxygens (including phenoxy) is 2. The molecule has 1 aliphatic rings. The van der Waals surface area contributed by atoms with Crippen LogP contribution >= 0.6 is 0 Å². The molecule has 0 spiro atoms. The zero-order valence-electron chi connectivity index (χ0n) is 38.4. The van der Waals surface area contributed by atoms with E-state index in [1.54, 1.807) is 0 Å². The van der Waals surface area contributed by atoms with Crippen LogP contribution in [0.15, 0.2) is 48.6 Å². The van der Waals surface area contributed by atoms with Gasteiger partial charge in [-0.15, -0.1) is 0 Å². The van der Waals surface area contributed by atoms with Gasteiger partial charge >= 0.3 is 0 Å². The number of nitrogens with one attached hydrogen (secondary N) is 1. The van der Waals surface area contributed by atoms with Crippen LogP contribution in [0.3, 0.4) is 0 Å². The van der Waals surface area contributed by atoms with Gasteiger partial charge in [0, 0.05) is 0 Å². The van der Waals surface area contributed by atoms with Gasteiger partial charge in [0.25, 0.3) is 0 Å². The van der Waals surface area contributed by atoms with Gasteiger partial charge in [0.2, 0.25) is 5.91 Å². The van der Waals surface area contributed by atoms with Crippen LogP contribution in [0.25, 0.3) is 0 Å². The minimum absolute atomic E-state index is 0.226. The molecule has 0 bridgehead atoms. The first-order valence-corrected chi connectivity index (χ1v) is 24.5. The number of hydrogen-bond donors (Lipinski definition) is 8. The largest absolute Gasteiger partial charge is 0.394 e. The molecular weight excluding hydrogens is 775 g/mol. The van der Waals surface area contributed by atoms with E-state index in [1.807, 2.05) is 0 Å². The summed E-state index contributed by atoms with van der Waals surface area (Å²) in [6, 6.07) is -1.20. The summed E-state index contributed by atoms with van der Waals surface area (Å²) in [5, 5.41) is 75.5. The maximum Gasteiger partial charge on any atom is 0.249 e. The van der Waals surface area contributed by atoms with E-state index in [2.05, 4.69) is 67.8 Å². The third-order valence-corrected chi connectivity index (χ3v) is 11.6. The molecule has 61 heavy (non-hydrogen) atoms. The number of aliphatic hydroxyl groups excluding tert-OH is 7. The van der Waals surface area contributed by atoms with Crippen molar-refractivity contribution in [1.29, 1.82) is 0 Å². The molecule has 356 valence electrons. The molecule has 11 nitrogen and oxygen atoms in total. The molecule has 9 unspecified atom stereocenters. The molecular formula is C50H91NO10. The van der Waals surface area contributed by atoms with Gasteiger partial charge in [-0.1, -0.05) is 159 Å². The van der Waals surface area contributed by atoms with Crippen molar-refractivity contribution >= 4 is 5.91 Å². The van der Waals surface area contributed by atoms with E-state index in [0.29, 0.717) is 19.3 Å². The van der Waals surface area contributed by atoms with E-state index >= 15 is 0 Å². The van der Waals surface area contributed by atoms with Gasteiger partial charge in [0.05, 0.1) is 25.4 Å². The van der Waals surface area contributed by atoms with E-state index in [1.165, 1.54) is 89.9 Å². The van der Waals surface area contributed by atoms with Crippen LogP contribution in [-0.4, -0.2) is 110 Å². The second kappa shape index (κ2) is 39.6. The van der Waals surface area contributed by atoms with Crippen molar-refractivity contribution < 1.29 is 50.0 Å². The molecule has 11 heteroatoms. The van der Waals surface area contributed by atoms with Gasteiger partial charge in [0.1, 0.15) is 36.6 Å². The fraction of sp³-hybridized carbons (Fsp3) is 0.820. The quantitative estimate of drug-likeness (QED) is 0.0219. The Balaban J connectivity index is 2.39. The van der Waals surface area contributed by atoms with Crippen molar-refractivity contribution in [2.45, 2.75) is 249 Å². The number of carbonyl (C=O) groups is 1. The number of allylic oxidation sites excluding steroid dienone is 8. The molecule has 0 aromatic rings. The van der Waals surface area contributed by atoms with Crippen molar-refractivity contribution in [1.82, 2.24) is 5.32 Å². The molecule has 1 fully saturated rings. The van der Waals surface area contributed by atoms with E-state index < -0.39 is 74.2 Å². The molecule has 0 radical (unpaired) electrons. The standard InChI is InChI=1S/C50H91NO10/c1-3-5-7-9-11-13-14-15-16-17-18-19-20-21-22-23-24-25-26-27-28-30-31-33-35-37-42(53)45(55)41(40-60-50-48(58)47(57)46(56)44(39-52)61-50)51-49(59)43(54)38-36-34-32-29-12-10-8-6-4-2/h10,12,21-22,25-26,30-31,41-48,50,52-58H,3-9,11,13-20,23-24,27-29,32-40H2,1-2H3,(H,51,59)/b12-10-,22-21+,26-25+,31-30+. The molecule has 1 amide bonds. The fourth-order valence-electron chi connectivity index (χ4n) is 7.45. The third kappa shape index (κ3) is 29.2. The van der Waals surface area contributed by atoms with Crippen LogP contribution in [0.4, 0.5) is 0 Å². The van der Waals surface area contributed by atoms with Crippen molar-refractivity contribution in [2.75, 3.05) is 13.2 Å². The first-order valence-electron chi connectivity index (χ1n) is 24.5. The Bertz CT molecular complexity index is 1130. The summed E-state index contributed by atoms with van der Waals surface area (Å²) >= 11 is 0. The highest BCUT2D eigenvalue weighted by Crippen LogP contribution is 2.23. The molecule has 0 saturated carbocycles.